The SMILES string of the molecule is CO[C@]1(C)C[C@@H](NC(=O)NCCCn2cccn2)C1(C)C. The first-order chi connectivity index (χ1) is 9.89. The minimum atomic E-state index is -0.162. The number of amides is 2. The molecule has 0 saturated heterocycles. The Kier molecular flexibility index (Phi) is 4.56. The van der Waals surface area contributed by atoms with E-state index in [0.717, 1.165) is 19.4 Å². The van der Waals surface area contributed by atoms with Crippen molar-refractivity contribution in [3.63, 3.8) is 0 Å². The average Bonchev–Trinajstić information content (AvgIpc) is 2.96. The van der Waals surface area contributed by atoms with Gasteiger partial charge >= 0.3 is 6.03 Å². The van der Waals surface area contributed by atoms with Crippen molar-refractivity contribution in [3.05, 3.63) is 18.5 Å². The maximum absolute atomic E-state index is 11.9. The Hall–Kier alpha value is -1.56. The predicted molar refractivity (Wildman–Crippen MR) is 81.0 cm³/mol. The maximum atomic E-state index is 11.9. The lowest BCUT2D eigenvalue weighted by molar-refractivity contribution is -0.177. The molecule has 0 spiro atoms. The smallest absolute Gasteiger partial charge is 0.315 e. The Morgan fingerprint density at radius 3 is 2.81 bits per heavy atom. The second kappa shape index (κ2) is 6.05. The maximum Gasteiger partial charge on any atom is 0.315 e. The zero-order valence-electron chi connectivity index (χ0n) is 13.3. The molecule has 1 aromatic heterocycles. The van der Waals surface area contributed by atoms with Gasteiger partial charge in [-0.1, -0.05) is 13.8 Å². The molecule has 2 rings (SSSR count). The molecular formula is C15H26N4O2. The molecule has 6 heteroatoms. The second-order valence-electron chi connectivity index (χ2n) is 6.44. The van der Waals surface area contributed by atoms with E-state index in [0.29, 0.717) is 6.54 Å². The van der Waals surface area contributed by atoms with E-state index in [1.807, 2.05) is 16.9 Å². The molecule has 21 heavy (non-hydrogen) atoms. The van der Waals surface area contributed by atoms with E-state index in [1.165, 1.54) is 0 Å². The van der Waals surface area contributed by atoms with Gasteiger partial charge in [0.05, 0.1) is 5.60 Å². The summed E-state index contributed by atoms with van der Waals surface area (Å²) in [5.41, 5.74) is -0.223. The third-order valence-electron chi connectivity index (χ3n) is 4.99. The van der Waals surface area contributed by atoms with Gasteiger partial charge in [-0.25, -0.2) is 4.79 Å². The first kappa shape index (κ1) is 15.8. The molecule has 0 aromatic carbocycles. The third-order valence-corrected chi connectivity index (χ3v) is 4.99. The minimum Gasteiger partial charge on any atom is -0.378 e. The molecule has 1 aliphatic rings. The van der Waals surface area contributed by atoms with Gasteiger partial charge in [0.1, 0.15) is 0 Å². The van der Waals surface area contributed by atoms with Crippen molar-refractivity contribution in [2.24, 2.45) is 5.41 Å². The van der Waals surface area contributed by atoms with E-state index < -0.39 is 0 Å². The molecule has 1 fully saturated rings. The molecule has 118 valence electrons. The topological polar surface area (TPSA) is 68.2 Å². The van der Waals surface area contributed by atoms with E-state index in [2.05, 4.69) is 36.5 Å². The van der Waals surface area contributed by atoms with E-state index in [-0.39, 0.29) is 23.1 Å². The van der Waals surface area contributed by atoms with Crippen LogP contribution in [0.25, 0.3) is 0 Å². The van der Waals surface area contributed by atoms with Crippen LogP contribution < -0.4 is 10.6 Å². The van der Waals surface area contributed by atoms with Crippen molar-refractivity contribution < 1.29 is 9.53 Å². The quantitative estimate of drug-likeness (QED) is 0.786. The molecule has 1 aromatic rings. The summed E-state index contributed by atoms with van der Waals surface area (Å²) in [5.74, 6) is 0. The number of nitrogens with zero attached hydrogens (tertiary/aromatic N) is 2. The normalized spacial score (nSPS) is 27.0. The standard InChI is InChI=1S/C15H26N4O2/c1-14(2)12(11-15(14,3)21-4)18-13(20)16-7-5-9-19-10-6-8-17-19/h6,8,10,12H,5,7,9,11H2,1-4H3,(H2,16,18,20)/t12-,15-/m1/s1. The van der Waals surface area contributed by atoms with Crippen LogP contribution in [-0.4, -0.2) is 41.1 Å². The lowest BCUT2D eigenvalue weighted by Gasteiger charge is -2.59. The number of hydrogen-bond acceptors (Lipinski definition) is 3. The van der Waals surface area contributed by atoms with E-state index in [1.54, 1.807) is 13.3 Å². The molecule has 1 heterocycles. The van der Waals surface area contributed by atoms with Crippen molar-refractivity contribution >= 4 is 6.03 Å². The number of ether oxygens (including phenoxy) is 1. The van der Waals surface area contributed by atoms with Crippen molar-refractivity contribution in [2.75, 3.05) is 13.7 Å². The van der Waals surface area contributed by atoms with Gasteiger partial charge in [0.2, 0.25) is 0 Å². The highest BCUT2D eigenvalue weighted by Crippen LogP contribution is 2.51. The number of carbonyl (C=O) groups excluding carboxylic acids is 1. The minimum absolute atomic E-state index is 0.0614. The van der Waals surface area contributed by atoms with Crippen LogP contribution >= 0.6 is 0 Å². The lowest BCUT2D eigenvalue weighted by atomic mass is 9.56. The van der Waals surface area contributed by atoms with Crippen molar-refractivity contribution in [3.8, 4) is 0 Å². The summed E-state index contributed by atoms with van der Waals surface area (Å²) >= 11 is 0. The van der Waals surface area contributed by atoms with Gasteiger partial charge < -0.3 is 15.4 Å². The van der Waals surface area contributed by atoms with Gasteiger partial charge in [0.25, 0.3) is 0 Å². The van der Waals surface area contributed by atoms with Crippen LogP contribution in [0.15, 0.2) is 18.5 Å². The molecule has 6 nitrogen and oxygen atoms in total. The highest BCUT2D eigenvalue weighted by atomic mass is 16.5. The summed E-state index contributed by atoms with van der Waals surface area (Å²) < 4.78 is 7.42. The highest BCUT2D eigenvalue weighted by Gasteiger charge is 2.58. The number of hydrogen-bond donors (Lipinski definition) is 2. The fraction of sp³-hybridized carbons (Fsp3) is 0.733. The number of nitrogens with one attached hydrogen (secondary N) is 2. The van der Waals surface area contributed by atoms with Gasteiger partial charge in [-0.3, -0.25) is 4.68 Å². The summed E-state index contributed by atoms with van der Waals surface area (Å²) in [4.78, 5) is 11.9. The van der Waals surface area contributed by atoms with Gasteiger partial charge in [-0.05, 0) is 25.8 Å². The monoisotopic (exact) mass is 294 g/mol. The molecule has 1 saturated carbocycles. The fourth-order valence-electron chi connectivity index (χ4n) is 2.81. The van der Waals surface area contributed by atoms with Gasteiger partial charge in [0, 0.05) is 44.0 Å². The van der Waals surface area contributed by atoms with Gasteiger partial charge in [-0.2, -0.15) is 5.10 Å². The second-order valence-corrected chi connectivity index (χ2v) is 6.44. The van der Waals surface area contributed by atoms with Crippen molar-refractivity contribution in [2.45, 2.75) is 51.8 Å². The van der Waals surface area contributed by atoms with E-state index in [9.17, 15) is 4.79 Å². The number of aryl methyl sites for hydroxylation is 1. The Bertz CT molecular complexity index is 472. The Labute approximate surface area is 126 Å². The first-order valence-electron chi connectivity index (χ1n) is 7.46. The summed E-state index contributed by atoms with van der Waals surface area (Å²) in [6, 6.07) is 1.94. The van der Waals surface area contributed by atoms with Crippen LogP contribution in [0.5, 0.6) is 0 Å². The predicted octanol–water partition coefficient (Wildman–Crippen LogP) is 1.78. The number of rotatable bonds is 6. The molecule has 0 unspecified atom stereocenters. The number of urea groups is 1. The largest absolute Gasteiger partial charge is 0.378 e. The fourth-order valence-corrected chi connectivity index (χ4v) is 2.81. The van der Waals surface area contributed by atoms with E-state index in [4.69, 9.17) is 4.74 Å². The molecule has 0 bridgehead atoms. The van der Waals surface area contributed by atoms with Gasteiger partial charge in [0.15, 0.2) is 0 Å². The molecule has 0 radical (unpaired) electrons. The van der Waals surface area contributed by atoms with E-state index >= 15 is 0 Å². The van der Waals surface area contributed by atoms with Crippen molar-refractivity contribution in [1.29, 1.82) is 0 Å². The lowest BCUT2D eigenvalue weighted by Crippen LogP contribution is -2.69. The van der Waals surface area contributed by atoms with Crippen LogP contribution in [-0.2, 0) is 11.3 Å². The highest BCUT2D eigenvalue weighted by molar-refractivity contribution is 5.74. The molecule has 0 aliphatic heterocycles. The molecule has 1 aliphatic carbocycles. The first-order valence-corrected chi connectivity index (χ1v) is 7.46. The number of carbonyl (C=O) groups is 1. The molecular weight excluding hydrogens is 268 g/mol. The Morgan fingerprint density at radius 1 is 1.48 bits per heavy atom. The third kappa shape index (κ3) is 3.20. The summed E-state index contributed by atoms with van der Waals surface area (Å²) in [6.45, 7) is 7.79. The van der Waals surface area contributed by atoms with Crippen molar-refractivity contribution in [1.82, 2.24) is 20.4 Å². The van der Waals surface area contributed by atoms with Gasteiger partial charge in [-0.15, -0.1) is 0 Å². The zero-order valence-corrected chi connectivity index (χ0v) is 13.3. The molecule has 2 N–H and O–H groups in total. The summed E-state index contributed by atoms with van der Waals surface area (Å²) in [6.07, 6.45) is 5.38. The van der Waals surface area contributed by atoms with Crippen LogP contribution in [0.2, 0.25) is 0 Å². The number of aromatic nitrogens is 2. The van der Waals surface area contributed by atoms with Crippen LogP contribution in [0.1, 0.15) is 33.6 Å². The number of methoxy groups -OCH3 is 1. The summed E-state index contributed by atoms with van der Waals surface area (Å²) in [7, 11) is 1.73. The van der Waals surface area contributed by atoms with Crippen LogP contribution in [0.4, 0.5) is 4.79 Å². The van der Waals surface area contributed by atoms with Crippen LogP contribution in [0, 0.1) is 5.41 Å². The van der Waals surface area contributed by atoms with Crippen LogP contribution in [0.3, 0.4) is 0 Å². The summed E-state index contributed by atoms with van der Waals surface area (Å²) in [5, 5.41) is 10.1. The Balaban J connectivity index is 1.66. The average molecular weight is 294 g/mol. The molecule has 2 atom stereocenters. The molecule has 2 amide bonds. The zero-order chi connectivity index (χ0) is 15.5. The Morgan fingerprint density at radius 2 is 2.24 bits per heavy atom.